The molecule has 316 valence electrons. The Bertz CT molecular complexity index is 1320. The number of carbonyl (C=O) groups excluding carboxylic acids is 3. The number of hydrogen-bond donors (Lipinski definition) is 0. The van der Waals surface area contributed by atoms with Crippen LogP contribution in [0, 0.1) is 0 Å². The molecule has 0 spiro atoms. The molecule has 0 saturated carbocycles. The van der Waals surface area contributed by atoms with Crippen molar-refractivity contribution in [1.29, 1.82) is 0 Å². The molecular formula is C51H76O6. The van der Waals surface area contributed by atoms with E-state index in [0.717, 1.165) is 96.3 Å². The van der Waals surface area contributed by atoms with Crippen molar-refractivity contribution in [3.05, 3.63) is 134 Å². The lowest BCUT2D eigenvalue weighted by molar-refractivity contribution is -0.166. The third-order valence-electron chi connectivity index (χ3n) is 8.18. The zero-order valence-corrected chi connectivity index (χ0v) is 35.8. The second-order valence-corrected chi connectivity index (χ2v) is 13.5. The highest BCUT2D eigenvalue weighted by Gasteiger charge is 2.19. The van der Waals surface area contributed by atoms with Crippen LogP contribution < -0.4 is 0 Å². The van der Waals surface area contributed by atoms with Gasteiger partial charge in [-0.3, -0.25) is 14.4 Å². The van der Waals surface area contributed by atoms with Gasteiger partial charge in [-0.05, 0) is 96.3 Å². The smallest absolute Gasteiger partial charge is 0.309 e. The van der Waals surface area contributed by atoms with Crippen molar-refractivity contribution >= 4 is 17.9 Å². The minimum absolute atomic E-state index is 0.111. The van der Waals surface area contributed by atoms with Crippen LogP contribution in [0.2, 0.25) is 0 Å². The number of carbonyl (C=O) groups is 3. The molecule has 1 atom stereocenters. The van der Waals surface area contributed by atoms with Crippen LogP contribution in [-0.4, -0.2) is 37.2 Å². The van der Waals surface area contributed by atoms with Gasteiger partial charge in [0.2, 0.25) is 0 Å². The Labute approximate surface area is 347 Å². The van der Waals surface area contributed by atoms with Crippen molar-refractivity contribution in [3.63, 3.8) is 0 Å². The van der Waals surface area contributed by atoms with Gasteiger partial charge in [-0.1, -0.05) is 167 Å². The predicted molar refractivity (Wildman–Crippen MR) is 242 cm³/mol. The molecule has 0 fully saturated rings. The van der Waals surface area contributed by atoms with E-state index in [2.05, 4.69) is 130 Å². The van der Waals surface area contributed by atoms with E-state index in [-0.39, 0.29) is 38.4 Å². The molecule has 0 rings (SSSR count). The van der Waals surface area contributed by atoms with Crippen LogP contribution in [0.3, 0.4) is 0 Å². The van der Waals surface area contributed by atoms with Gasteiger partial charge >= 0.3 is 17.9 Å². The van der Waals surface area contributed by atoms with Gasteiger partial charge in [0.15, 0.2) is 6.10 Å². The molecule has 0 aromatic rings. The first kappa shape index (κ1) is 52.6. The number of esters is 3. The van der Waals surface area contributed by atoms with E-state index in [0.29, 0.717) is 12.8 Å². The van der Waals surface area contributed by atoms with E-state index in [9.17, 15) is 14.4 Å². The molecule has 0 saturated heterocycles. The van der Waals surface area contributed by atoms with Crippen LogP contribution in [0.1, 0.15) is 149 Å². The summed E-state index contributed by atoms with van der Waals surface area (Å²) in [6.45, 7) is 6.06. The maximum atomic E-state index is 12.7. The minimum atomic E-state index is -0.857. The second kappa shape index (κ2) is 44.3. The molecule has 0 N–H and O–H groups in total. The fourth-order valence-electron chi connectivity index (χ4n) is 5.03. The van der Waals surface area contributed by atoms with E-state index < -0.39 is 18.0 Å². The Morgan fingerprint density at radius 2 is 0.737 bits per heavy atom. The third-order valence-corrected chi connectivity index (χ3v) is 8.18. The maximum absolute atomic E-state index is 12.7. The van der Waals surface area contributed by atoms with Crippen LogP contribution in [0.15, 0.2) is 134 Å². The molecule has 0 aliphatic rings. The summed E-state index contributed by atoms with van der Waals surface area (Å²) in [5.74, 6) is -1.20. The van der Waals surface area contributed by atoms with Crippen molar-refractivity contribution in [2.75, 3.05) is 13.2 Å². The highest BCUT2D eigenvalue weighted by Crippen LogP contribution is 2.10. The Hall–Kier alpha value is -4.45. The minimum Gasteiger partial charge on any atom is -0.462 e. The van der Waals surface area contributed by atoms with Gasteiger partial charge < -0.3 is 14.2 Å². The molecule has 0 aliphatic heterocycles. The van der Waals surface area contributed by atoms with Crippen molar-refractivity contribution < 1.29 is 28.6 Å². The van der Waals surface area contributed by atoms with Crippen LogP contribution >= 0.6 is 0 Å². The number of rotatable bonds is 36. The summed E-state index contributed by atoms with van der Waals surface area (Å²) in [5, 5.41) is 0. The average molecular weight is 785 g/mol. The summed E-state index contributed by atoms with van der Waals surface area (Å²) < 4.78 is 16.5. The first-order valence-electron chi connectivity index (χ1n) is 21.7. The average Bonchev–Trinajstić information content (AvgIpc) is 3.21. The molecule has 1 unspecified atom stereocenters. The molecule has 6 heteroatoms. The van der Waals surface area contributed by atoms with Crippen LogP contribution in [0.5, 0.6) is 0 Å². The highest BCUT2D eigenvalue weighted by molar-refractivity contribution is 5.72. The molecule has 0 amide bonds. The zero-order chi connectivity index (χ0) is 41.5. The van der Waals surface area contributed by atoms with Gasteiger partial charge in [0.25, 0.3) is 0 Å². The summed E-state index contributed by atoms with van der Waals surface area (Å²) in [7, 11) is 0. The SMILES string of the molecule is CC/C=C\C/C=C\C/C=C\C/C=C\C/C=C\CCC(=O)OCC(COC(=O)C/C=C\C/C=C\C/C=C\CC)OC(=O)CCCCCC/C=C\C/C=C\C/C=C\CC. The quantitative estimate of drug-likeness (QED) is 0.0272. The van der Waals surface area contributed by atoms with Gasteiger partial charge in [-0.25, -0.2) is 0 Å². The van der Waals surface area contributed by atoms with Crippen molar-refractivity contribution in [2.45, 2.75) is 155 Å². The topological polar surface area (TPSA) is 78.9 Å². The molecule has 0 aromatic carbocycles. The van der Waals surface area contributed by atoms with E-state index in [1.54, 1.807) is 6.08 Å². The van der Waals surface area contributed by atoms with Crippen molar-refractivity contribution in [1.82, 2.24) is 0 Å². The Morgan fingerprint density at radius 3 is 1.19 bits per heavy atom. The molecule has 0 heterocycles. The monoisotopic (exact) mass is 785 g/mol. The Balaban J connectivity index is 4.62. The third kappa shape index (κ3) is 42.5. The molecule has 6 nitrogen and oxygen atoms in total. The highest BCUT2D eigenvalue weighted by atomic mass is 16.6. The lowest BCUT2D eigenvalue weighted by atomic mass is 10.1. The first-order valence-corrected chi connectivity index (χ1v) is 21.7. The summed E-state index contributed by atoms with van der Waals surface area (Å²) in [4.78, 5) is 37.6. The van der Waals surface area contributed by atoms with E-state index in [4.69, 9.17) is 14.2 Å². The van der Waals surface area contributed by atoms with E-state index in [1.165, 1.54) is 0 Å². The number of unbranched alkanes of at least 4 members (excludes halogenated alkanes) is 4. The van der Waals surface area contributed by atoms with Gasteiger partial charge in [-0.15, -0.1) is 0 Å². The fraction of sp³-hybridized carbons (Fsp3) is 0.510. The summed E-state index contributed by atoms with van der Waals surface area (Å²) in [6.07, 6.45) is 62.0. The normalized spacial score (nSPS) is 13.4. The van der Waals surface area contributed by atoms with Crippen LogP contribution in [-0.2, 0) is 28.6 Å². The molecule has 57 heavy (non-hydrogen) atoms. The van der Waals surface area contributed by atoms with Crippen molar-refractivity contribution in [2.24, 2.45) is 0 Å². The first-order chi connectivity index (χ1) is 28.0. The molecule has 0 aliphatic carbocycles. The molecule has 0 aromatic heterocycles. The Morgan fingerprint density at radius 1 is 0.368 bits per heavy atom. The van der Waals surface area contributed by atoms with E-state index in [1.807, 2.05) is 18.2 Å². The zero-order valence-electron chi connectivity index (χ0n) is 35.8. The number of ether oxygens (including phenoxy) is 3. The summed E-state index contributed by atoms with van der Waals surface area (Å²) in [6, 6.07) is 0. The fourth-order valence-corrected chi connectivity index (χ4v) is 5.03. The standard InChI is InChI=1S/C51H76O6/c1-4-7-10-13-16-19-21-23-25-26-28-29-32-35-38-41-44-50(53)56-47-48(46-55-49(52)43-40-37-34-31-18-15-12-9-6-3)57-51(54)45-42-39-36-33-30-27-24-22-20-17-14-11-8-5-2/h7-12,16-20,23-25,27-29,31,35,37-38,40,48H,4-6,13-15,21-22,26,30,32-34,36,39,41-47H2,1-3H3/b10-7-,11-8-,12-9-,19-16-,20-17-,25-23-,27-24-,29-28-,31-18-,38-35-,40-37-. The maximum Gasteiger partial charge on any atom is 0.309 e. The Kier molecular flexibility index (Phi) is 40.8. The van der Waals surface area contributed by atoms with Gasteiger partial charge in [0.05, 0.1) is 6.42 Å². The van der Waals surface area contributed by atoms with Crippen LogP contribution in [0.25, 0.3) is 0 Å². The molecule has 0 radical (unpaired) electrons. The van der Waals surface area contributed by atoms with Gasteiger partial charge in [-0.2, -0.15) is 0 Å². The molecular weight excluding hydrogens is 709 g/mol. The van der Waals surface area contributed by atoms with Gasteiger partial charge in [0, 0.05) is 12.8 Å². The van der Waals surface area contributed by atoms with E-state index >= 15 is 0 Å². The summed E-state index contributed by atoms with van der Waals surface area (Å²) >= 11 is 0. The molecule has 0 bridgehead atoms. The largest absolute Gasteiger partial charge is 0.462 e. The number of allylic oxidation sites excluding steroid dienone is 21. The lowest BCUT2D eigenvalue weighted by Crippen LogP contribution is -2.30. The number of hydrogen-bond acceptors (Lipinski definition) is 6. The summed E-state index contributed by atoms with van der Waals surface area (Å²) in [5.41, 5.74) is 0. The van der Waals surface area contributed by atoms with Crippen LogP contribution in [0.4, 0.5) is 0 Å². The van der Waals surface area contributed by atoms with Crippen molar-refractivity contribution in [3.8, 4) is 0 Å². The second-order valence-electron chi connectivity index (χ2n) is 13.5. The predicted octanol–water partition coefficient (Wildman–Crippen LogP) is 14.0. The van der Waals surface area contributed by atoms with Gasteiger partial charge in [0.1, 0.15) is 13.2 Å². The lowest BCUT2D eigenvalue weighted by Gasteiger charge is -2.18.